The number of aromatic amines is 1. The van der Waals surface area contributed by atoms with Gasteiger partial charge in [0.15, 0.2) is 0 Å². The summed E-state index contributed by atoms with van der Waals surface area (Å²) in [4.78, 5) is 3.16. The number of hydrogen-bond donors (Lipinski definition) is 1. The summed E-state index contributed by atoms with van der Waals surface area (Å²) in [5.74, 6) is 0. The van der Waals surface area contributed by atoms with Crippen LogP contribution >= 0.6 is 0 Å². The van der Waals surface area contributed by atoms with E-state index in [1.165, 1.54) is 16.1 Å². The molecule has 0 spiro atoms. The first-order valence-corrected chi connectivity index (χ1v) is 3.53. The monoisotopic (exact) mass is 135 g/mol. The smallest absolute Gasteiger partial charge is 0.0409 e. The first-order valence-electron chi connectivity index (χ1n) is 3.53. The Balaban J connectivity index is 3.59. The number of H-pyrrole nitrogens is 1. The van der Waals surface area contributed by atoms with Gasteiger partial charge in [0.1, 0.15) is 0 Å². The van der Waals surface area contributed by atoms with E-state index in [1.807, 2.05) is 13.1 Å². The van der Waals surface area contributed by atoms with Crippen LogP contribution in [0, 0.1) is 0 Å². The molecule has 0 saturated carbocycles. The van der Waals surface area contributed by atoms with E-state index in [2.05, 4.69) is 31.0 Å². The molecule has 54 valence electrons. The molecule has 0 atom stereocenters. The van der Waals surface area contributed by atoms with Crippen LogP contribution in [0.2, 0.25) is 0 Å². The summed E-state index contributed by atoms with van der Waals surface area (Å²) >= 11 is 0. The summed E-state index contributed by atoms with van der Waals surface area (Å²) in [5.41, 5.74) is 1.36. The van der Waals surface area contributed by atoms with Crippen LogP contribution < -0.4 is 10.6 Å². The van der Waals surface area contributed by atoms with Crippen molar-refractivity contribution in [3.8, 4) is 0 Å². The van der Waals surface area contributed by atoms with Crippen LogP contribution in [0.4, 0.5) is 0 Å². The average Bonchev–Trinajstić information content (AvgIpc) is 2.33. The zero-order chi connectivity index (χ0) is 7.56. The van der Waals surface area contributed by atoms with Crippen LogP contribution in [0.15, 0.2) is 12.3 Å². The summed E-state index contributed by atoms with van der Waals surface area (Å²) in [7, 11) is 0. The Morgan fingerprint density at radius 3 is 2.60 bits per heavy atom. The molecule has 0 aliphatic heterocycles. The molecule has 0 saturated heterocycles. The highest BCUT2D eigenvalue weighted by Gasteiger charge is 1.84. The summed E-state index contributed by atoms with van der Waals surface area (Å²) in [6.45, 7) is 6.28. The number of aromatic nitrogens is 1. The second-order valence-corrected chi connectivity index (χ2v) is 2.59. The molecule has 10 heavy (non-hydrogen) atoms. The van der Waals surface area contributed by atoms with Crippen LogP contribution in [0.3, 0.4) is 0 Å². The van der Waals surface area contributed by atoms with E-state index in [9.17, 15) is 0 Å². The summed E-state index contributed by atoms with van der Waals surface area (Å²) in [6.07, 6.45) is 4.06. The number of nitrogens with one attached hydrogen (secondary N) is 1. The highest BCUT2D eigenvalue weighted by molar-refractivity contribution is 5.39. The molecule has 0 unspecified atom stereocenters. The van der Waals surface area contributed by atoms with Crippen molar-refractivity contribution < 1.29 is 0 Å². The molecule has 1 aromatic rings. The molecular weight excluding hydrogens is 122 g/mol. The van der Waals surface area contributed by atoms with Crippen molar-refractivity contribution in [3.63, 3.8) is 0 Å². The van der Waals surface area contributed by atoms with Gasteiger partial charge in [0.2, 0.25) is 0 Å². The zero-order valence-electron chi connectivity index (χ0n) is 6.73. The van der Waals surface area contributed by atoms with E-state index in [0.29, 0.717) is 0 Å². The van der Waals surface area contributed by atoms with Crippen LogP contribution in [0.1, 0.15) is 20.8 Å². The molecule has 1 heterocycles. The van der Waals surface area contributed by atoms with Gasteiger partial charge in [0.25, 0.3) is 0 Å². The molecule has 1 rings (SSSR count). The van der Waals surface area contributed by atoms with E-state index < -0.39 is 0 Å². The fourth-order valence-corrected chi connectivity index (χ4v) is 1.06. The minimum Gasteiger partial charge on any atom is -0.361 e. The quantitative estimate of drug-likeness (QED) is 0.546. The summed E-state index contributed by atoms with van der Waals surface area (Å²) < 4.78 is 0. The van der Waals surface area contributed by atoms with Crippen molar-refractivity contribution in [1.82, 2.24) is 4.98 Å². The number of rotatable bonds is 0. The second-order valence-electron chi connectivity index (χ2n) is 2.59. The van der Waals surface area contributed by atoms with E-state index in [-0.39, 0.29) is 0 Å². The van der Waals surface area contributed by atoms with Crippen LogP contribution in [-0.4, -0.2) is 4.98 Å². The van der Waals surface area contributed by atoms with Gasteiger partial charge in [-0.25, -0.2) is 0 Å². The third kappa shape index (κ3) is 1.13. The predicted octanol–water partition coefficient (Wildman–Crippen LogP) is 1.01. The van der Waals surface area contributed by atoms with Gasteiger partial charge in [-0.15, -0.1) is 0 Å². The van der Waals surface area contributed by atoms with Gasteiger partial charge in [-0.05, 0) is 32.1 Å². The number of hydrogen-bond acceptors (Lipinski definition) is 0. The fourth-order valence-electron chi connectivity index (χ4n) is 1.06. The van der Waals surface area contributed by atoms with Crippen LogP contribution in [0.5, 0.6) is 0 Å². The van der Waals surface area contributed by atoms with Crippen molar-refractivity contribution in [1.29, 1.82) is 0 Å². The zero-order valence-corrected chi connectivity index (χ0v) is 6.73. The van der Waals surface area contributed by atoms with E-state index in [1.54, 1.807) is 0 Å². The van der Waals surface area contributed by atoms with Gasteiger partial charge in [-0.1, -0.05) is 11.6 Å². The maximum absolute atomic E-state index is 3.16. The van der Waals surface area contributed by atoms with Crippen molar-refractivity contribution in [2.24, 2.45) is 0 Å². The largest absolute Gasteiger partial charge is 0.361 e. The van der Waals surface area contributed by atoms with Gasteiger partial charge < -0.3 is 4.98 Å². The Labute approximate surface area is 61.1 Å². The molecule has 1 heteroatoms. The molecule has 0 aliphatic rings. The van der Waals surface area contributed by atoms with E-state index in [4.69, 9.17) is 0 Å². The second kappa shape index (κ2) is 2.74. The van der Waals surface area contributed by atoms with E-state index in [0.717, 1.165) is 0 Å². The molecule has 0 bridgehead atoms. The van der Waals surface area contributed by atoms with Crippen LogP contribution in [-0.2, 0) is 0 Å². The van der Waals surface area contributed by atoms with Crippen molar-refractivity contribution in [3.05, 3.63) is 22.8 Å². The molecule has 1 nitrogen and oxygen atoms in total. The van der Waals surface area contributed by atoms with Gasteiger partial charge >= 0.3 is 0 Å². The van der Waals surface area contributed by atoms with Crippen molar-refractivity contribution in [2.75, 3.05) is 0 Å². The first-order chi connectivity index (χ1) is 4.75. The van der Waals surface area contributed by atoms with Crippen molar-refractivity contribution in [2.45, 2.75) is 20.8 Å². The summed E-state index contributed by atoms with van der Waals surface area (Å²) in [6, 6.07) is 2.10. The topological polar surface area (TPSA) is 15.8 Å². The molecular formula is C9H13N. The van der Waals surface area contributed by atoms with E-state index >= 15 is 0 Å². The molecule has 1 N–H and O–H groups in total. The average molecular weight is 135 g/mol. The van der Waals surface area contributed by atoms with Gasteiger partial charge in [0, 0.05) is 11.5 Å². The Bertz CT molecular complexity index is 313. The Morgan fingerprint density at radius 1 is 1.50 bits per heavy atom. The maximum atomic E-state index is 3.16. The minimum atomic E-state index is 1.22. The first kappa shape index (κ1) is 7.13. The molecule has 0 radical (unpaired) electrons. The lowest BCUT2D eigenvalue weighted by Crippen LogP contribution is -2.22. The Morgan fingerprint density at radius 2 is 2.20 bits per heavy atom. The molecule has 0 aromatic carbocycles. The van der Waals surface area contributed by atoms with Gasteiger partial charge in [-0.2, -0.15) is 0 Å². The lowest BCUT2D eigenvalue weighted by atomic mass is 10.2. The third-order valence-corrected chi connectivity index (χ3v) is 1.61. The van der Waals surface area contributed by atoms with Crippen molar-refractivity contribution >= 4 is 11.6 Å². The minimum absolute atomic E-state index is 1.22. The third-order valence-electron chi connectivity index (χ3n) is 1.61. The fraction of sp³-hybridized carbons (Fsp3) is 0.333. The predicted molar refractivity (Wildman–Crippen MR) is 44.9 cm³/mol. The van der Waals surface area contributed by atoms with Crippen LogP contribution in [0.25, 0.3) is 11.6 Å². The summed E-state index contributed by atoms with van der Waals surface area (Å²) in [5, 5.41) is 2.54. The van der Waals surface area contributed by atoms with Gasteiger partial charge in [0.05, 0.1) is 0 Å². The van der Waals surface area contributed by atoms with Gasteiger partial charge in [-0.3, -0.25) is 0 Å². The lowest BCUT2D eigenvalue weighted by molar-refractivity contribution is 1.30. The molecule has 1 aromatic heterocycles. The maximum Gasteiger partial charge on any atom is 0.0409 e. The molecule has 0 fully saturated rings. The molecule has 0 amide bonds. The molecule has 0 aliphatic carbocycles. The lowest BCUT2D eigenvalue weighted by Gasteiger charge is -1.83. The Hall–Kier alpha value is -0.980. The SMILES string of the molecule is C/C=c1/[nH]ccc1=C(C)C. The highest BCUT2D eigenvalue weighted by atomic mass is 14.6. The normalized spacial score (nSPS) is 12.1. The highest BCUT2D eigenvalue weighted by Crippen LogP contribution is 1.81. The standard InChI is InChI=1S/C9H13N/c1-4-9-8(7(2)3)5-6-10-9/h4-6,10H,1-3H3/b9-4+. The Kier molecular flexibility index (Phi) is 1.95.